The van der Waals surface area contributed by atoms with Crippen LogP contribution in [0.15, 0.2) is 59.7 Å². The first kappa shape index (κ1) is 20.0. The summed E-state index contributed by atoms with van der Waals surface area (Å²) in [5.41, 5.74) is 7.09. The van der Waals surface area contributed by atoms with Gasteiger partial charge in [0, 0.05) is 38.4 Å². The van der Waals surface area contributed by atoms with Crippen LogP contribution in [0.4, 0.5) is 5.82 Å². The number of rotatable bonds is 7. The van der Waals surface area contributed by atoms with Crippen LogP contribution in [-0.2, 0) is 11.3 Å². The van der Waals surface area contributed by atoms with Gasteiger partial charge in [-0.05, 0) is 37.1 Å². The van der Waals surface area contributed by atoms with Crippen LogP contribution in [0.3, 0.4) is 0 Å². The molecule has 4 rings (SSSR count). The molecular formula is C22H26N6O2. The maximum atomic E-state index is 12.3. The second-order valence-electron chi connectivity index (χ2n) is 7.59. The maximum Gasteiger partial charge on any atom is 0.269 e. The lowest BCUT2D eigenvalue weighted by atomic mass is 10.0. The molecule has 0 unspecified atom stereocenters. The molecule has 0 aliphatic carbocycles. The SMILES string of the molecule is NC(=O)CN(c1ccccn1)C1CCN(CCn2c(=O)cnc3ccccc32)CC1. The van der Waals surface area contributed by atoms with Gasteiger partial charge in [0.2, 0.25) is 5.91 Å². The smallest absolute Gasteiger partial charge is 0.269 e. The Kier molecular flexibility index (Phi) is 6.04. The van der Waals surface area contributed by atoms with Crippen molar-refractivity contribution in [3.63, 3.8) is 0 Å². The Hall–Kier alpha value is -3.26. The molecule has 1 saturated heterocycles. The second kappa shape index (κ2) is 9.04. The predicted octanol–water partition coefficient (Wildman–Crippen LogP) is 1.25. The van der Waals surface area contributed by atoms with Crippen LogP contribution in [0.2, 0.25) is 0 Å². The molecule has 1 aromatic carbocycles. The van der Waals surface area contributed by atoms with Crippen LogP contribution in [0, 0.1) is 0 Å². The van der Waals surface area contributed by atoms with Gasteiger partial charge in [0.1, 0.15) is 5.82 Å². The lowest BCUT2D eigenvalue weighted by Crippen LogP contribution is -2.48. The molecule has 0 atom stereocenters. The minimum atomic E-state index is -0.355. The largest absolute Gasteiger partial charge is 0.368 e. The highest BCUT2D eigenvalue weighted by Crippen LogP contribution is 2.21. The Bertz CT molecular complexity index is 1060. The fourth-order valence-corrected chi connectivity index (χ4v) is 4.13. The monoisotopic (exact) mass is 406 g/mol. The standard InChI is InChI=1S/C22H26N6O2/c23-20(29)16-28(21-7-3-4-10-24-21)17-8-11-26(12-9-17)13-14-27-19-6-2-1-5-18(19)25-15-22(27)30/h1-7,10,15,17H,8-9,11-14,16H2,(H2,23,29). The predicted molar refractivity (Wildman–Crippen MR) is 116 cm³/mol. The molecule has 8 nitrogen and oxygen atoms in total. The Labute approximate surface area is 175 Å². The number of piperidine rings is 1. The number of fused-ring (bicyclic) bond motifs is 1. The molecule has 0 bridgehead atoms. The van der Waals surface area contributed by atoms with Crippen LogP contribution in [-0.4, -0.2) is 57.6 Å². The van der Waals surface area contributed by atoms with E-state index in [4.69, 9.17) is 5.73 Å². The zero-order chi connectivity index (χ0) is 20.9. The van der Waals surface area contributed by atoms with Gasteiger partial charge >= 0.3 is 0 Å². The van der Waals surface area contributed by atoms with Crippen molar-refractivity contribution in [2.24, 2.45) is 5.73 Å². The summed E-state index contributed by atoms with van der Waals surface area (Å²) < 4.78 is 1.79. The van der Waals surface area contributed by atoms with Crippen molar-refractivity contribution < 1.29 is 4.79 Å². The molecule has 30 heavy (non-hydrogen) atoms. The first-order valence-corrected chi connectivity index (χ1v) is 10.2. The van der Waals surface area contributed by atoms with E-state index in [1.165, 1.54) is 6.20 Å². The molecule has 1 amide bonds. The summed E-state index contributed by atoms with van der Waals surface area (Å²) in [5.74, 6) is 0.427. The molecule has 0 saturated carbocycles. The summed E-state index contributed by atoms with van der Waals surface area (Å²) in [4.78, 5) is 36.9. The van der Waals surface area contributed by atoms with Crippen molar-refractivity contribution in [1.82, 2.24) is 19.4 Å². The molecule has 8 heteroatoms. The Morgan fingerprint density at radius 1 is 1.07 bits per heavy atom. The van der Waals surface area contributed by atoms with Crippen molar-refractivity contribution in [3.8, 4) is 0 Å². The van der Waals surface area contributed by atoms with E-state index in [1.807, 2.05) is 47.4 Å². The lowest BCUT2D eigenvalue weighted by molar-refractivity contribution is -0.116. The molecule has 1 fully saturated rings. The fourth-order valence-electron chi connectivity index (χ4n) is 4.13. The number of primary amides is 1. The van der Waals surface area contributed by atoms with Gasteiger partial charge in [0.05, 0.1) is 23.8 Å². The molecule has 0 spiro atoms. The van der Waals surface area contributed by atoms with E-state index >= 15 is 0 Å². The second-order valence-corrected chi connectivity index (χ2v) is 7.59. The molecule has 3 aromatic rings. The van der Waals surface area contributed by atoms with Crippen molar-refractivity contribution in [1.29, 1.82) is 0 Å². The van der Waals surface area contributed by atoms with Gasteiger partial charge in [-0.15, -0.1) is 0 Å². The van der Waals surface area contributed by atoms with Crippen LogP contribution < -0.4 is 16.2 Å². The molecule has 2 aromatic heterocycles. The highest BCUT2D eigenvalue weighted by molar-refractivity contribution is 5.79. The molecule has 1 aliphatic rings. The zero-order valence-corrected chi connectivity index (χ0v) is 16.9. The number of amides is 1. The van der Waals surface area contributed by atoms with Gasteiger partial charge in [-0.25, -0.2) is 9.97 Å². The summed E-state index contributed by atoms with van der Waals surface area (Å²) >= 11 is 0. The number of nitrogens with two attached hydrogens (primary N) is 1. The van der Waals surface area contributed by atoms with E-state index in [0.29, 0.717) is 6.54 Å². The number of likely N-dealkylation sites (tertiary alicyclic amines) is 1. The summed E-state index contributed by atoms with van der Waals surface area (Å²) in [7, 11) is 0. The topological polar surface area (TPSA) is 97.4 Å². The number of carbonyl (C=O) groups excluding carboxylic acids is 1. The van der Waals surface area contributed by atoms with Crippen molar-refractivity contribution >= 4 is 22.8 Å². The van der Waals surface area contributed by atoms with Gasteiger partial charge in [0.25, 0.3) is 5.56 Å². The Morgan fingerprint density at radius 2 is 1.83 bits per heavy atom. The number of benzene rings is 1. The minimum absolute atomic E-state index is 0.0774. The van der Waals surface area contributed by atoms with E-state index in [9.17, 15) is 9.59 Å². The van der Waals surface area contributed by atoms with Crippen molar-refractivity contribution in [3.05, 3.63) is 65.2 Å². The molecule has 3 heterocycles. The number of anilines is 1. The van der Waals surface area contributed by atoms with Crippen LogP contribution in [0.1, 0.15) is 12.8 Å². The van der Waals surface area contributed by atoms with Gasteiger partial charge in [-0.2, -0.15) is 0 Å². The molecule has 1 aliphatic heterocycles. The van der Waals surface area contributed by atoms with Crippen LogP contribution in [0.5, 0.6) is 0 Å². The minimum Gasteiger partial charge on any atom is -0.368 e. The van der Waals surface area contributed by atoms with E-state index in [-0.39, 0.29) is 24.1 Å². The number of aromatic nitrogens is 3. The van der Waals surface area contributed by atoms with Crippen molar-refractivity contribution in [2.75, 3.05) is 31.1 Å². The third-order valence-electron chi connectivity index (χ3n) is 5.66. The van der Waals surface area contributed by atoms with E-state index in [2.05, 4.69) is 14.9 Å². The van der Waals surface area contributed by atoms with E-state index in [1.54, 1.807) is 10.8 Å². The Morgan fingerprint density at radius 3 is 2.57 bits per heavy atom. The summed E-state index contributed by atoms with van der Waals surface area (Å²) in [6.07, 6.45) is 4.95. The normalized spacial score (nSPS) is 15.3. The number of para-hydroxylation sites is 2. The van der Waals surface area contributed by atoms with E-state index in [0.717, 1.165) is 49.3 Å². The lowest BCUT2D eigenvalue weighted by Gasteiger charge is -2.38. The number of carbonyl (C=O) groups is 1. The maximum absolute atomic E-state index is 12.3. The number of nitrogens with zero attached hydrogens (tertiary/aromatic N) is 5. The van der Waals surface area contributed by atoms with Gasteiger partial charge < -0.3 is 20.1 Å². The highest BCUT2D eigenvalue weighted by Gasteiger charge is 2.26. The average Bonchev–Trinajstić information content (AvgIpc) is 2.78. The van der Waals surface area contributed by atoms with Crippen LogP contribution >= 0.6 is 0 Å². The first-order chi connectivity index (χ1) is 14.6. The summed E-state index contributed by atoms with van der Waals surface area (Å²) in [6, 6.07) is 13.6. The fraction of sp³-hybridized carbons (Fsp3) is 0.364. The highest BCUT2D eigenvalue weighted by atomic mass is 16.1. The number of hydrogen-bond donors (Lipinski definition) is 1. The third-order valence-corrected chi connectivity index (χ3v) is 5.66. The summed E-state index contributed by atoms with van der Waals surface area (Å²) in [6.45, 7) is 3.37. The van der Waals surface area contributed by atoms with Gasteiger partial charge in [0.15, 0.2) is 0 Å². The number of pyridine rings is 1. The number of hydrogen-bond acceptors (Lipinski definition) is 6. The summed E-state index contributed by atoms with van der Waals surface area (Å²) in [5, 5.41) is 0. The Balaban J connectivity index is 1.40. The molecule has 156 valence electrons. The quantitative estimate of drug-likeness (QED) is 0.634. The van der Waals surface area contributed by atoms with Crippen molar-refractivity contribution in [2.45, 2.75) is 25.4 Å². The van der Waals surface area contributed by atoms with E-state index < -0.39 is 0 Å². The molecule has 0 radical (unpaired) electrons. The molecule has 2 N–H and O–H groups in total. The molecular weight excluding hydrogens is 380 g/mol. The van der Waals surface area contributed by atoms with Gasteiger partial charge in [-0.3, -0.25) is 9.59 Å². The zero-order valence-electron chi connectivity index (χ0n) is 16.9. The third kappa shape index (κ3) is 4.49. The first-order valence-electron chi connectivity index (χ1n) is 10.2. The average molecular weight is 406 g/mol. The van der Waals surface area contributed by atoms with Crippen LogP contribution in [0.25, 0.3) is 11.0 Å². The van der Waals surface area contributed by atoms with Gasteiger partial charge in [-0.1, -0.05) is 18.2 Å².